The fourth-order valence-corrected chi connectivity index (χ4v) is 4.08. The quantitative estimate of drug-likeness (QED) is 0.776. The second-order valence-corrected chi connectivity index (χ2v) is 6.79. The van der Waals surface area contributed by atoms with E-state index in [1.54, 1.807) is 18.2 Å². The van der Waals surface area contributed by atoms with Gasteiger partial charge in [0.1, 0.15) is 34.9 Å². The van der Waals surface area contributed by atoms with Gasteiger partial charge in [-0.1, -0.05) is 11.6 Å². The number of hydrogen-bond acceptors (Lipinski definition) is 7. The number of aliphatic hydroxyl groups excluding tert-OH is 1. The monoisotopic (exact) mass is 376 g/mol. The molecule has 0 amide bonds. The topological polar surface area (TPSA) is 94.5 Å². The lowest BCUT2D eigenvalue weighted by Crippen LogP contribution is -2.43. The third-order valence-electron chi connectivity index (χ3n) is 5.03. The summed E-state index contributed by atoms with van der Waals surface area (Å²) in [6.45, 7) is 0. The van der Waals surface area contributed by atoms with E-state index < -0.39 is 29.7 Å². The zero-order valence-electron chi connectivity index (χ0n) is 13.4. The molecule has 26 heavy (non-hydrogen) atoms. The van der Waals surface area contributed by atoms with E-state index in [1.165, 1.54) is 19.4 Å². The number of ether oxygens (including phenoxy) is 4. The van der Waals surface area contributed by atoms with Crippen LogP contribution in [0.15, 0.2) is 47.6 Å². The Balaban J connectivity index is 1.69. The van der Waals surface area contributed by atoms with Crippen LogP contribution in [-0.2, 0) is 9.47 Å². The molecule has 8 heteroatoms. The van der Waals surface area contributed by atoms with Crippen molar-refractivity contribution >= 4 is 17.4 Å². The van der Waals surface area contributed by atoms with Crippen LogP contribution in [0, 0.1) is 5.92 Å². The minimum absolute atomic E-state index is 0.110. The lowest BCUT2D eigenvalue weighted by molar-refractivity contribution is -0.109. The van der Waals surface area contributed by atoms with Crippen LogP contribution in [0.4, 0.5) is 0 Å². The second-order valence-electron chi connectivity index (χ2n) is 6.38. The summed E-state index contributed by atoms with van der Waals surface area (Å²) in [4.78, 5) is 13.2. The number of Topliss-reactive ketones (excluding diaryl/α,β-unsaturated/α-hetero) is 1. The van der Waals surface area contributed by atoms with E-state index >= 15 is 0 Å². The minimum atomic E-state index is -1.65. The van der Waals surface area contributed by atoms with Gasteiger partial charge in [0.25, 0.3) is 6.29 Å². The van der Waals surface area contributed by atoms with E-state index in [2.05, 4.69) is 0 Å². The Labute approximate surface area is 152 Å². The maximum Gasteiger partial charge on any atom is 0.277 e. The van der Waals surface area contributed by atoms with Crippen LogP contribution in [0.5, 0.6) is 11.5 Å². The van der Waals surface area contributed by atoms with Gasteiger partial charge < -0.3 is 29.2 Å². The fourth-order valence-electron chi connectivity index (χ4n) is 3.85. The Morgan fingerprint density at radius 2 is 2.12 bits per heavy atom. The third-order valence-corrected chi connectivity index (χ3v) is 5.32. The first-order valence-electron chi connectivity index (χ1n) is 7.91. The molecule has 4 atom stereocenters. The van der Waals surface area contributed by atoms with Crippen LogP contribution < -0.4 is 9.47 Å². The van der Waals surface area contributed by atoms with Gasteiger partial charge in [0.2, 0.25) is 0 Å². The van der Waals surface area contributed by atoms with E-state index in [0.717, 1.165) is 0 Å². The highest BCUT2D eigenvalue weighted by Gasteiger charge is 2.59. The molecule has 1 aromatic carbocycles. The standard InChI is InChI=1S/C18H13ClO7/c1-23-16-7(19)2-3-8-12(16)14(20)11-9(25-8)6-10-13(15(11)21)18(22)4-5-24-17(18)26-10/h2-6,9,11,17,21-22H,1H3/t9?,11?,17-,18-/m1/s1. The lowest BCUT2D eigenvalue weighted by atomic mass is 9.78. The summed E-state index contributed by atoms with van der Waals surface area (Å²) in [5.41, 5.74) is -1.38. The predicted molar refractivity (Wildman–Crippen MR) is 88.0 cm³/mol. The molecule has 0 bridgehead atoms. The van der Waals surface area contributed by atoms with Crippen LogP contribution in [0.25, 0.3) is 0 Å². The second kappa shape index (κ2) is 4.96. The predicted octanol–water partition coefficient (Wildman–Crippen LogP) is 2.25. The fraction of sp³-hybridized carbons (Fsp3) is 0.278. The number of halogens is 1. The van der Waals surface area contributed by atoms with Crippen molar-refractivity contribution in [1.82, 2.24) is 0 Å². The number of hydrogen-bond donors (Lipinski definition) is 2. The highest BCUT2D eigenvalue weighted by atomic mass is 35.5. The molecule has 0 aromatic heterocycles. The number of rotatable bonds is 1. The van der Waals surface area contributed by atoms with Gasteiger partial charge in [-0.25, -0.2) is 0 Å². The number of carbonyl (C=O) groups is 1. The van der Waals surface area contributed by atoms with Crippen LogP contribution in [0.1, 0.15) is 10.4 Å². The van der Waals surface area contributed by atoms with Gasteiger partial charge in [-0.3, -0.25) is 4.79 Å². The zero-order valence-corrected chi connectivity index (χ0v) is 14.2. The van der Waals surface area contributed by atoms with Crippen molar-refractivity contribution in [2.75, 3.05) is 7.11 Å². The van der Waals surface area contributed by atoms with Gasteiger partial charge in [-0.05, 0) is 24.3 Å². The number of fused-ring (bicyclic) bond motifs is 5. The van der Waals surface area contributed by atoms with Gasteiger partial charge in [-0.2, -0.15) is 0 Å². The molecule has 134 valence electrons. The molecule has 1 aliphatic carbocycles. The minimum Gasteiger partial charge on any atom is -0.511 e. The molecule has 2 N–H and O–H groups in total. The number of carbonyl (C=O) groups excluding carboxylic acids is 1. The van der Waals surface area contributed by atoms with Gasteiger partial charge in [-0.15, -0.1) is 0 Å². The normalized spacial score (nSPS) is 33.3. The van der Waals surface area contributed by atoms with Crippen molar-refractivity contribution in [2.24, 2.45) is 5.92 Å². The Bertz CT molecular complexity index is 947. The van der Waals surface area contributed by atoms with E-state index in [4.69, 9.17) is 30.5 Å². The van der Waals surface area contributed by atoms with Crippen molar-refractivity contribution in [3.63, 3.8) is 0 Å². The molecule has 0 radical (unpaired) electrons. The third kappa shape index (κ3) is 1.74. The molecule has 0 spiro atoms. The summed E-state index contributed by atoms with van der Waals surface area (Å²) in [6, 6.07) is 3.15. The smallest absolute Gasteiger partial charge is 0.277 e. The number of aliphatic hydroxyl groups is 2. The average Bonchev–Trinajstić information content (AvgIpc) is 3.08. The van der Waals surface area contributed by atoms with Crippen molar-refractivity contribution in [3.05, 3.63) is 58.2 Å². The van der Waals surface area contributed by atoms with Gasteiger partial charge in [0.05, 0.1) is 24.0 Å². The molecule has 2 unspecified atom stereocenters. The van der Waals surface area contributed by atoms with E-state index in [-0.39, 0.29) is 33.4 Å². The average molecular weight is 377 g/mol. The summed E-state index contributed by atoms with van der Waals surface area (Å²) < 4.78 is 21.9. The van der Waals surface area contributed by atoms with Crippen molar-refractivity contribution in [2.45, 2.75) is 18.0 Å². The van der Waals surface area contributed by atoms with Crippen LogP contribution in [0.2, 0.25) is 5.02 Å². The number of methoxy groups -OCH3 is 1. The molecule has 1 fully saturated rings. The SMILES string of the molecule is COc1c(Cl)ccc2c1C(=O)C1C(O)=C3C(=CC1O2)O[C@H]1OC=C[C@@]31O. The molecule has 4 aliphatic rings. The highest BCUT2D eigenvalue weighted by molar-refractivity contribution is 6.33. The van der Waals surface area contributed by atoms with Gasteiger partial charge in [0.15, 0.2) is 17.1 Å². The number of ketones is 1. The van der Waals surface area contributed by atoms with E-state index in [1.807, 2.05) is 0 Å². The van der Waals surface area contributed by atoms with Gasteiger partial charge >= 0.3 is 0 Å². The summed E-state index contributed by atoms with van der Waals surface area (Å²) in [7, 11) is 1.40. The summed E-state index contributed by atoms with van der Waals surface area (Å²) >= 11 is 6.12. The zero-order chi connectivity index (χ0) is 18.2. The van der Waals surface area contributed by atoms with Crippen molar-refractivity contribution in [1.29, 1.82) is 0 Å². The molecule has 1 aromatic rings. The molecule has 5 rings (SSSR count). The Morgan fingerprint density at radius 1 is 1.31 bits per heavy atom. The Morgan fingerprint density at radius 3 is 2.88 bits per heavy atom. The molecule has 1 saturated heterocycles. The molecule has 3 heterocycles. The molecular weight excluding hydrogens is 364 g/mol. The maximum absolute atomic E-state index is 13.2. The van der Waals surface area contributed by atoms with Crippen LogP contribution >= 0.6 is 11.6 Å². The molecule has 3 aliphatic heterocycles. The largest absolute Gasteiger partial charge is 0.511 e. The molecular formula is C18H13ClO7. The Hall–Kier alpha value is -2.64. The van der Waals surface area contributed by atoms with Crippen LogP contribution in [-0.4, -0.2) is 41.1 Å². The molecule has 0 saturated carbocycles. The van der Waals surface area contributed by atoms with E-state index in [0.29, 0.717) is 5.75 Å². The van der Waals surface area contributed by atoms with E-state index in [9.17, 15) is 15.0 Å². The first-order chi connectivity index (χ1) is 12.5. The number of benzene rings is 1. The van der Waals surface area contributed by atoms with Crippen molar-refractivity contribution < 1.29 is 34.0 Å². The first kappa shape index (κ1) is 15.6. The maximum atomic E-state index is 13.2. The van der Waals surface area contributed by atoms with Crippen molar-refractivity contribution in [3.8, 4) is 11.5 Å². The summed E-state index contributed by atoms with van der Waals surface area (Å²) in [5, 5.41) is 21.9. The summed E-state index contributed by atoms with van der Waals surface area (Å²) in [5.74, 6) is -1.05. The molecule has 7 nitrogen and oxygen atoms in total. The summed E-state index contributed by atoms with van der Waals surface area (Å²) in [6.07, 6.45) is 2.45. The lowest BCUT2D eigenvalue weighted by Gasteiger charge is -2.34. The Kier molecular flexibility index (Phi) is 2.98. The highest BCUT2D eigenvalue weighted by Crippen LogP contribution is 2.51. The van der Waals surface area contributed by atoms with Crippen LogP contribution in [0.3, 0.4) is 0 Å². The first-order valence-corrected chi connectivity index (χ1v) is 8.29. The van der Waals surface area contributed by atoms with Gasteiger partial charge in [0, 0.05) is 0 Å².